The highest BCUT2D eigenvalue weighted by atomic mass is 127. The molecule has 0 heterocycles. The molecular weight excluding hydrogens is 376 g/mol. The first-order valence-electron chi connectivity index (χ1n) is 6.08. The summed E-state index contributed by atoms with van der Waals surface area (Å²) in [6.45, 7) is 1.87. The van der Waals surface area contributed by atoms with Gasteiger partial charge in [-0.3, -0.25) is 4.99 Å². The minimum atomic E-state index is -0.623. The van der Waals surface area contributed by atoms with E-state index in [1.165, 1.54) is 12.1 Å². The van der Waals surface area contributed by atoms with Gasteiger partial charge in [0.1, 0.15) is 0 Å². The van der Waals surface area contributed by atoms with Crippen LogP contribution in [0.25, 0.3) is 0 Å². The summed E-state index contributed by atoms with van der Waals surface area (Å²) in [5, 5.41) is 15.3. The Morgan fingerprint density at radius 1 is 1.40 bits per heavy atom. The number of benzene rings is 1. The molecule has 0 aliphatic carbocycles. The number of nitrogens with one attached hydrogen (secondary N) is 2. The quantitative estimate of drug-likeness (QED) is 0.297. The van der Waals surface area contributed by atoms with E-state index in [-0.39, 0.29) is 29.7 Å². The van der Waals surface area contributed by atoms with Crippen molar-refractivity contribution in [3.8, 4) is 5.75 Å². The number of aromatic hydroxyl groups is 1. The molecule has 0 bridgehead atoms. The second-order valence-corrected chi connectivity index (χ2v) is 3.98. The minimum Gasteiger partial charge on any atom is -0.505 e. The van der Waals surface area contributed by atoms with E-state index in [4.69, 9.17) is 9.84 Å². The number of hydrogen-bond acceptors (Lipinski definition) is 3. The molecule has 0 unspecified atom stereocenters. The highest BCUT2D eigenvalue weighted by Crippen LogP contribution is 2.15. The van der Waals surface area contributed by atoms with Crippen LogP contribution < -0.4 is 10.6 Å². The van der Waals surface area contributed by atoms with Gasteiger partial charge in [-0.25, -0.2) is 4.39 Å². The zero-order valence-electron chi connectivity index (χ0n) is 11.6. The fourth-order valence-electron chi connectivity index (χ4n) is 1.49. The van der Waals surface area contributed by atoms with Crippen LogP contribution in [0.4, 0.5) is 4.39 Å². The molecule has 0 fully saturated rings. The topological polar surface area (TPSA) is 65.9 Å². The van der Waals surface area contributed by atoms with Crippen LogP contribution in [-0.2, 0) is 11.3 Å². The summed E-state index contributed by atoms with van der Waals surface area (Å²) in [6.07, 6.45) is 0.880. The van der Waals surface area contributed by atoms with Crippen molar-refractivity contribution in [2.45, 2.75) is 13.0 Å². The Labute approximate surface area is 135 Å². The molecule has 114 valence electrons. The van der Waals surface area contributed by atoms with Crippen LogP contribution in [0.5, 0.6) is 5.75 Å². The predicted octanol–water partition coefficient (Wildman–Crippen LogP) is 1.85. The second kappa shape index (κ2) is 10.7. The van der Waals surface area contributed by atoms with Crippen LogP contribution in [0.15, 0.2) is 23.2 Å². The number of rotatable bonds is 6. The Morgan fingerprint density at radius 2 is 2.15 bits per heavy atom. The fraction of sp³-hybridized carbons (Fsp3) is 0.462. The lowest BCUT2D eigenvalue weighted by molar-refractivity contribution is 0.195. The van der Waals surface area contributed by atoms with Gasteiger partial charge in [0.25, 0.3) is 0 Å². The lowest BCUT2D eigenvalue weighted by Gasteiger charge is -2.11. The molecule has 0 amide bonds. The molecule has 1 aromatic carbocycles. The van der Waals surface area contributed by atoms with E-state index in [1.54, 1.807) is 20.2 Å². The molecule has 5 nitrogen and oxygen atoms in total. The van der Waals surface area contributed by atoms with Crippen molar-refractivity contribution in [3.05, 3.63) is 29.6 Å². The maximum atomic E-state index is 13.1. The van der Waals surface area contributed by atoms with Gasteiger partial charge in [0, 0.05) is 33.9 Å². The minimum absolute atomic E-state index is 0. The number of phenolic OH excluding ortho intramolecular Hbond substituents is 1. The van der Waals surface area contributed by atoms with Crippen molar-refractivity contribution in [3.63, 3.8) is 0 Å². The van der Waals surface area contributed by atoms with Gasteiger partial charge in [-0.15, -0.1) is 24.0 Å². The summed E-state index contributed by atoms with van der Waals surface area (Å²) >= 11 is 0. The van der Waals surface area contributed by atoms with Crippen molar-refractivity contribution in [1.82, 2.24) is 10.6 Å². The Hall–Kier alpha value is -1.09. The Bertz CT molecular complexity index is 430. The van der Waals surface area contributed by atoms with Gasteiger partial charge in [0.2, 0.25) is 0 Å². The number of phenols is 1. The van der Waals surface area contributed by atoms with Crippen molar-refractivity contribution in [2.75, 3.05) is 27.3 Å². The summed E-state index contributed by atoms with van der Waals surface area (Å²) in [7, 11) is 3.33. The summed E-state index contributed by atoms with van der Waals surface area (Å²) in [4.78, 5) is 4.05. The molecule has 0 aliphatic heterocycles. The maximum absolute atomic E-state index is 13.1. The van der Waals surface area contributed by atoms with Crippen molar-refractivity contribution < 1.29 is 14.2 Å². The highest BCUT2D eigenvalue weighted by molar-refractivity contribution is 14.0. The molecule has 1 rings (SSSR count). The van der Waals surface area contributed by atoms with Gasteiger partial charge in [0.15, 0.2) is 17.5 Å². The van der Waals surface area contributed by atoms with Crippen molar-refractivity contribution >= 4 is 29.9 Å². The Balaban J connectivity index is 0.00000361. The number of aliphatic imine (C=N–C) groups is 1. The van der Waals surface area contributed by atoms with Crippen molar-refractivity contribution in [2.24, 2.45) is 4.99 Å². The van der Waals surface area contributed by atoms with E-state index in [0.717, 1.165) is 18.5 Å². The predicted molar refractivity (Wildman–Crippen MR) is 88.2 cm³/mol. The number of hydrogen-bond donors (Lipinski definition) is 3. The molecule has 20 heavy (non-hydrogen) atoms. The van der Waals surface area contributed by atoms with E-state index in [9.17, 15) is 4.39 Å². The third kappa shape index (κ3) is 6.90. The second-order valence-electron chi connectivity index (χ2n) is 3.98. The van der Waals surface area contributed by atoms with Gasteiger partial charge < -0.3 is 20.5 Å². The first-order valence-corrected chi connectivity index (χ1v) is 6.08. The van der Waals surface area contributed by atoms with Gasteiger partial charge in [-0.2, -0.15) is 0 Å². The summed E-state index contributed by atoms with van der Waals surface area (Å²) in [6, 6.07) is 4.28. The number of nitrogens with zero attached hydrogens (tertiary/aromatic N) is 1. The van der Waals surface area contributed by atoms with Gasteiger partial charge in [-0.1, -0.05) is 6.07 Å². The highest BCUT2D eigenvalue weighted by Gasteiger charge is 2.02. The molecule has 1 aromatic rings. The van der Waals surface area contributed by atoms with Crippen molar-refractivity contribution in [1.29, 1.82) is 0 Å². The smallest absolute Gasteiger partial charge is 0.191 e. The van der Waals surface area contributed by atoms with E-state index >= 15 is 0 Å². The zero-order chi connectivity index (χ0) is 14.1. The normalized spacial score (nSPS) is 10.8. The molecule has 0 aromatic heterocycles. The summed E-state index contributed by atoms with van der Waals surface area (Å²) in [5.74, 6) is -0.322. The number of halogens is 2. The van der Waals surface area contributed by atoms with E-state index < -0.39 is 5.82 Å². The average molecular weight is 397 g/mol. The SMILES string of the molecule is CN=C(NCCCOC)NCc1ccc(O)c(F)c1.I. The molecule has 0 spiro atoms. The van der Waals surface area contributed by atoms with E-state index in [1.807, 2.05) is 0 Å². The molecule has 0 atom stereocenters. The largest absolute Gasteiger partial charge is 0.505 e. The first-order chi connectivity index (χ1) is 9.17. The third-order valence-corrected chi connectivity index (χ3v) is 2.51. The molecule has 7 heteroatoms. The molecule has 0 radical (unpaired) electrons. The monoisotopic (exact) mass is 397 g/mol. The first kappa shape index (κ1) is 18.9. The maximum Gasteiger partial charge on any atom is 0.191 e. The van der Waals surface area contributed by atoms with Gasteiger partial charge in [0.05, 0.1) is 0 Å². The Kier molecular flexibility index (Phi) is 10.1. The van der Waals surface area contributed by atoms with E-state index in [2.05, 4.69) is 15.6 Å². The standard InChI is InChI=1S/C13H20FN3O2.HI/c1-15-13(16-6-3-7-19-2)17-9-10-4-5-12(18)11(14)8-10;/h4-5,8,18H,3,6-7,9H2,1-2H3,(H2,15,16,17);1H. The van der Waals surface area contributed by atoms with Crippen LogP contribution in [0.3, 0.4) is 0 Å². The number of ether oxygens (including phenoxy) is 1. The summed E-state index contributed by atoms with van der Waals surface area (Å²) < 4.78 is 18.1. The lowest BCUT2D eigenvalue weighted by Crippen LogP contribution is -2.37. The third-order valence-electron chi connectivity index (χ3n) is 2.51. The summed E-state index contributed by atoms with van der Waals surface area (Å²) in [5.41, 5.74) is 0.732. The Morgan fingerprint density at radius 3 is 2.75 bits per heavy atom. The van der Waals surface area contributed by atoms with Gasteiger partial charge in [-0.05, 0) is 24.1 Å². The van der Waals surface area contributed by atoms with Gasteiger partial charge >= 0.3 is 0 Å². The molecular formula is C13H21FIN3O2. The number of guanidine groups is 1. The van der Waals surface area contributed by atoms with Crippen LogP contribution in [0.2, 0.25) is 0 Å². The molecule has 3 N–H and O–H groups in total. The van der Waals surface area contributed by atoms with Crippen LogP contribution >= 0.6 is 24.0 Å². The van der Waals surface area contributed by atoms with Crippen LogP contribution in [0.1, 0.15) is 12.0 Å². The number of methoxy groups -OCH3 is 1. The van der Waals surface area contributed by atoms with Crippen LogP contribution in [0, 0.1) is 5.82 Å². The molecule has 0 aliphatic rings. The zero-order valence-corrected chi connectivity index (χ0v) is 14.0. The lowest BCUT2D eigenvalue weighted by atomic mass is 10.2. The molecule has 0 saturated carbocycles. The van der Waals surface area contributed by atoms with E-state index in [0.29, 0.717) is 19.1 Å². The average Bonchev–Trinajstić information content (AvgIpc) is 2.42. The van der Waals surface area contributed by atoms with Crippen LogP contribution in [-0.4, -0.2) is 38.4 Å². The molecule has 0 saturated heterocycles. The fourth-order valence-corrected chi connectivity index (χ4v) is 1.49.